The molecule has 0 aromatic heterocycles. The van der Waals surface area contributed by atoms with Gasteiger partial charge in [-0.2, -0.15) is 0 Å². The molecule has 0 rings (SSSR count). The molecule has 8 heteroatoms. The molecular weight excluding hydrogens is 625 g/mol. The maximum absolute atomic E-state index is 3.73. The predicted octanol–water partition coefficient (Wildman–Crippen LogP) is 9.28. The van der Waals surface area contributed by atoms with Crippen molar-refractivity contribution in [3.05, 3.63) is 0 Å². The van der Waals surface area contributed by atoms with E-state index in [9.17, 15) is 0 Å². The fraction of sp³-hybridized carbons (Fsp3) is 1.00. The van der Waals surface area contributed by atoms with Crippen molar-refractivity contribution in [2.45, 2.75) is 176 Å². The Hall–Kier alpha value is 2.00. The molecule has 0 aromatic rings. The lowest BCUT2D eigenvalue weighted by atomic mass is 10.4. The number of alkyl halides is 1. The van der Waals surface area contributed by atoms with Crippen LogP contribution in [-0.4, -0.2) is 67.6 Å². The molecule has 0 saturated carbocycles. The van der Waals surface area contributed by atoms with Crippen molar-refractivity contribution in [3.63, 3.8) is 0 Å². The van der Waals surface area contributed by atoms with Gasteiger partial charge in [-0.3, -0.25) is 0 Å². The molecule has 0 aromatic carbocycles. The van der Waals surface area contributed by atoms with E-state index < -0.39 is 24.2 Å². The summed E-state index contributed by atoms with van der Waals surface area (Å²) in [6.07, 6.45) is 12.5. The van der Waals surface area contributed by atoms with Crippen LogP contribution in [-0.2, 0) is 0 Å². The van der Waals surface area contributed by atoms with Gasteiger partial charge in [-0.15, -0.1) is 0 Å². The highest BCUT2D eigenvalue weighted by molar-refractivity contribution is 9.09. The van der Waals surface area contributed by atoms with Gasteiger partial charge in [0.2, 0.25) is 0 Å². The molecule has 0 unspecified atom stereocenters. The Morgan fingerprint density at radius 2 is 0.622 bits per heavy atom. The first-order valence-electron chi connectivity index (χ1n) is 17.3. The lowest BCUT2D eigenvalue weighted by molar-refractivity contribution is 0.840. The second-order valence-corrected chi connectivity index (χ2v) is 37.1. The number of hydrogen-bond acceptors (Lipinski definition) is 0. The van der Waals surface area contributed by atoms with Crippen LogP contribution in [0.5, 0.6) is 0 Å². The summed E-state index contributed by atoms with van der Waals surface area (Å²) in [6.45, 7) is 18.6. The molecule has 0 atom stereocenters. The second kappa shape index (κ2) is 24.6. The van der Waals surface area contributed by atoms with Crippen molar-refractivity contribution in [1.82, 2.24) is 0 Å². The lowest BCUT2D eigenvalue weighted by Crippen LogP contribution is -2.35. The molecule has 0 saturated heterocycles. The minimum absolute atomic E-state index is 0.271. The zero-order valence-corrected chi connectivity index (χ0v) is 37.5. The van der Waals surface area contributed by atoms with E-state index in [0.29, 0.717) is 0 Å². The monoisotopic (exact) mass is 696 g/mol. The van der Waals surface area contributed by atoms with Crippen LogP contribution in [0.4, 0.5) is 0 Å². The summed E-state index contributed by atoms with van der Waals surface area (Å²) >= 11 is 3.73. The van der Waals surface area contributed by atoms with E-state index in [1.165, 1.54) is 18.2 Å². The number of rotatable bonds is 28. The van der Waals surface area contributed by atoms with E-state index in [-0.39, 0.29) is 38.1 Å². The van der Waals surface area contributed by atoms with E-state index >= 15 is 0 Å². The predicted molar refractivity (Wildman–Crippen MR) is 206 cm³/mol. The highest BCUT2D eigenvalue weighted by atomic mass is 79.9. The molecule has 37 heavy (non-hydrogen) atoms. The zero-order chi connectivity index (χ0) is 27.9. The highest BCUT2D eigenvalue weighted by Gasteiger charge is 2.32. The number of hydrogen-bond donors (Lipinski definition) is 0. The van der Waals surface area contributed by atoms with Crippen molar-refractivity contribution in [2.24, 2.45) is 0 Å². The topological polar surface area (TPSA) is 0 Å². The van der Waals surface area contributed by atoms with Gasteiger partial charge in [-0.25, -0.2) is 0 Å². The molecule has 0 amide bonds. The summed E-state index contributed by atoms with van der Waals surface area (Å²) in [6, 6.07) is 21.5. The Balaban J connectivity index is 5.07. The maximum Gasteiger partial charge on any atom is 0.0504 e. The van der Waals surface area contributed by atoms with E-state index in [4.69, 9.17) is 0 Å². The molecular formula is C29H73BrSi7. The van der Waals surface area contributed by atoms with Crippen LogP contribution in [0.3, 0.4) is 0 Å². The quantitative estimate of drug-likeness (QED) is 0.0435. The molecule has 0 aliphatic heterocycles. The van der Waals surface area contributed by atoms with Gasteiger partial charge in [0.25, 0.3) is 0 Å². The van der Waals surface area contributed by atoms with Crippen molar-refractivity contribution in [1.29, 1.82) is 0 Å². The molecule has 0 N–H and O–H groups in total. The normalized spacial score (nSPS) is 18.2. The zero-order valence-electron chi connectivity index (χ0n) is 27.3. The Morgan fingerprint density at radius 3 is 0.865 bits per heavy atom. The number of halogens is 1. The van der Waals surface area contributed by atoms with E-state index in [1.54, 1.807) is 117 Å². The van der Waals surface area contributed by atoms with E-state index in [1.807, 2.05) is 0 Å². The smallest absolute Gasteiger partial charge is 0.0504 e. The van der Waals surface area contributed by atoms with Gasteiger partial charge in [0.1, 0.15) is 0 Å². The Labute approximate surface area is 257 Å². The third-order valence-corrected chi connectivity index (χ3v) is 29.3. The van der Waals surface area contributed by atoms with Gasteiger partial charge < -0.3 is 0 Å². The summed E-state index contributed by atoms with van der Waals surface area (Å²) in [5, 5.41) is 1.22. The molecule has 0 bridgehead atoms. The van der Waals surface area contributed by atoms with Crippen molar-refractivity contribution in [2.75, 3.05) is 5.33 Å². The standard InChI is InChI=1S/C29H73BrSi7/c1-31-17-10-22-36(6,23-11-18-32-2)28-14-26-35(5,21-9-8-16-30)27-15-29-37(7,24-12-19-33-3)25-13-20-34-4/h8-29,31-34H2,1-7H3. The van der Waals surface area contributed by atoms with E-state index in [0.717, 1.165) is 0 Å². The van der Waals surface area contributed by atoms with Crippen LogP contribution >= 0.6 is 15.9 Å². The SMILES string of the molecule is C[SiH2]CCC[Si](C)(CCC[SiH2]C)CCC[Si](C)(CCCCBr)CCC[Si](C)(CCC[SiH2]C)CCC[SiH2]C. The average molecular weight is 698 g/mol. The van der Waals surface area contributed by atoms with Crippen LogP contribution in [0, 0.1) is 0 Å². The second-order valence-electron chi connectivity index (χ2n) is 14.1. The van der Waals surface area contributed by atoms with Crippen LogP contribution in [0.15, 0.2) is 0 Å². The summed E-state index contributed by atoms with van der Waals surface area (Å²) in [4.78, 5) is 0. The third-order valence-electron chi connectivity index (χ3n) is 9.82. The minimum atomic E-state index is -1.09. The van der Waals surface area contributed by atoms with Crippen LogP contribution in [0.2, 0.25) is 124 Å². The van der Waals surface area contributed by atoms with Crippen molar-refractivity contribution in [3.8, 4) is 0 Å². The summed E-state index contributed by atoms with van der Waals surface area (Å²) in [7, 11) is -1.98. The third kappa shape index (κ3) is 21.4. The fourth-order valence-corrected chi connectivity index (χ4v) is 24.9. The van der Waals surface area contributed by atoms with Crippen LogP contribution < -0.4 is 0 Å². The van der Waals surface area contributed by atoms with Gasteiger partial charge in [0.05, 0.1) is 24.2 Å². The number of unbranched alkanes of at least 4 members (excludes halogenated alkanes) is 1. The van der Waals surface area contributed by atoms with Crippen molar-refractivity contribution < 1.29 is 0 Å². The van der Waals surface area contributed by atoms with Crippen LogP contribution in [0.25, 0.3) is 0 Å². The Morgan fingerprint density at radius 1 is 0.378 bits per heavy atom. The summed E-state index contributed by atoms with van der Waals surface area (Å²) in [5.74, 6) is 0. The minimum Gasteiger partial charge on any atom is -0.0928 e. The first-order valence-corrected chi connectivity index (χ1v) is 37.4. The summed E-state index contributed by atoms with van der Waals surface area (Å²) in [5.41, 5.74) is 0. The van der Waals surface area contributed by atoms with E-state index in [2.05, 4.69) is 61.8 Å². The molecule has 0 fully saturated rings. The Kier molecular flexibility index (Phi) is 25.9. The van der Waals surface area contributed by atoms with Gasteiger partial charge in [-0.1, -0.05) is 185 Å². The van der Waals surface area contributed by atoms with Crippen LogP contribution in [0.1, 0.15) is 51.4 Å². The first kappa shape index (κ1) is 39.0. The first-order chi connectivity index (χ1) is 17.7. The maximum atomic E-state index is 3.73. The largest absolute Gasteiger partial charge is 0.0928 e. The fourth-order valence-electron chi connectivity index (χ4n) is 6.86. The van der Waals surface area contributed by atoms with Gasteiger partial charge in [0, 0.05) is 43.4 Å². The molecule has 0 heterocycles. The highest BCUT2D eigenvalue weighted by Crippen LogP contribution is 2.35. The molecule has 0 spiro atoms. The lowest BCUT2D eigenvalue weighted by Gasteiger charge is -2.33. The summed E-state index contributed by atoms with van der Waals surface area (Å²) < 4.78 is 0. The van der Waals surface area contributed by atoms with Gasteiger partial charge in [-0.05, 0) is 6.42 Å². The van der Waals surface area contributed by atoms with Gasteiger partial charge in [0.15, 0.2) is 0 Å². The molecule has 224 valence electrons. The average Bonchev–Trinajstić information content (AvgIpc) is 2.85. The molecule has 0 nitrogen and oxygen atoms in total. The molecule has 0 aliphatic carbocycles. The van der Waals surface area contributed by atoms with Gasteiger partial charge >= 0.3 is 0 Å². The molecule has 0 aliphatic rings. The molecule has 0 radical (unpaired) electrons. The Bertz CT molecular complexity index is 451. The van der Waals surface area contributed by atoms with Crippen molar-refractivity contribution >= 4 is 78.2 Å².